The van der Waals surface area contributed by atoms with Crippen molar-refractivity contribution >= 4 is 22.7 Å². The van der Waals surface area contributed by atoms with E-state index >= 15 is 0 Å². The molecule has 0 fully saturated rings. The summed E-state index contributed by atoms with van der Waals surface area (Å²) in [5.74, 6) is 0. The number of hydrogen-bond acceptors (Lipinski definition) is 1. The molecule has 0 saturated carbocycles. The fraction of sp³-hybridized carbons (Fsp3) is 0.357. The average Bonchev–Trinajstić information content (AvgIpc) is 2.81. The monoisotopic (exact) mass is 246 g/mol. The summed E-state index contributed by atoms with van der Waals surface area (Å²) in [4.78, 5) is 15.8. The Labute approximate surface area is 106 Å². The highest BCUT2D eigenvalue weighted by Crippen LogP contribution is 2.21. The van der Waals surface area contributed by atoms with Gasteiger partial charge in [0.1, 0.15) is 0 Å². The fourth-order valence-corrected chi connectivity index (χ4v) is 2.06. The minimum Gasteiger partial charge on any atom is -0.465 e. The molecule has 0 radical (unpaired) electrons. The van der Waals surface area contributed by atoms with E-state index in [4.69, 9.17) is 0 Å². The van der Waals surface area contributed by atoms with Crippen LogP contribution in [0.2, 0.25) is 0 Å². The van der Waals surface area contributed by atoms with Gasteiger partial charge in [0, 0.05) is 23.9 Å². The van der Waals surface area contributed by atoms with E-state index in [1.807, 2.05) is 30.5 Å². The number of anilines is 1. The quantitative estimate of drug-likeness (QED) is 0.787. The first kappa shape index (κ1) is 12.5. The lowest BCUT2D eigenvalue weighted by Gasteiger charge is -2.19. The summed E-state index contributed by atoms with van der Waals surface area (Å²) >= 11 is 0. The van der Waals surface area contributed by atoms with Crippen molar-refractivity contribution in [3.8, 4) is 0 Å². The highest BCUT2D eigenvalue weighted by atomic mass is 16.4. The summed E-state index contributed by atoms with van der Waals surface area (Å²) in [6, 6.07) is 7.66. The Kier molecular flexibility index (Phi) is 3.87. The van der Waals surface area contributed by atoms with Crippen LogP contribution in [0.25, 0.3) is 10.9 Å². The minimum atomic E-state index is -0.892. The second-order valence-electron chi connectivity index (χ2n) is 4.39. The standard InChI is InChI=1S/C14H18N2O2/c1-2-3-4-9-16(14(17)18)12-6-5-11-7-8-15-13(11)10-12/h5-8,10,15H,2-4,9H2,1H3,(H,17,18). The van der Waals surface area contributed by atoms with Crippen LogP contribution >= 0.6 is 0 Å². The third-order valence-electron chi connectivity index (χ3n) is 3.07. The van der Waals surface area contributed by atoms with E-state index in [0.29, 0.717) is 6.54 Å². The number of amides is 1. The van der Waals surface area contributed by atoms with Gasteiger partial charge in [0.25, 0.3) is 0 Å². The van der Waals surface area contributed by atoms with Crippen molar-refractivity contribution in [1.29, 1.82) is 0 Å². The van der Waals surface area contributed by atoms with Crippen LogP contribution in [0.15, 0.2) is 30.5 Å². The van der Waals surface area contributed by atoms with Gasteiger partial charge in [-0.2, -0.15) is 0 Å². The number of unbranched alkanes of at least 4 members (excludes halogenated alkanes) is 2. The van der Waals surface area contributed by atoms with Gasteiger partial charge in [-0.05, 0) is 30.0 Å². The van der Waals surface area contributed by atoms with Gasteiger partial charge in [-0.1, -0.05) is 25.8 Å². The molecule has 1 aromatic carbocycles. The van der Waals surface area contributed by atoms with E-state index in [-0.39, 0.29) is 0 Å². The molecule has 0 spiro atoms. The van der Waals surface area contributed by atoms with E-state index in [1.54, 1.807) is 0 Å². The first-order chi connectivity index (χ1) is 8.72. The number of nitrogens with zero attached hydrogens (tertiary/aromatic N) is 1. The molecule has 96 valence electrons. The molecule has 18 heavy (non-hydrogen) atoms. The molecule has 0 aliphatic heterocycles. The summed E-state index contributed by atoms with van der Waals surface area (Å²) in [6.07, 6.45) is 4.00. The number of carbonyl (C=O) groups is 1. The third-order valence-corrected chi connectivity index (χ3v) is 3.07. The molecule has 0 atom stereocenters. The van der Waals surface area contributed by atoms with E-state index < -0.39 is 6.09 Å². The molecule has 0 aliphatic carbocycles. The van der Waals surface area contributed by atoms with Crippen molar-refractivity contribution in [2.45, 2.75) is 26.2 Å². The smallest absolute Gasteiger partial charge is 0.411 e. The van der Waals surface area contributed by atoms with Crippen molar-refractivity contribution in [3.05, 3.63) is 30.5 Å². The summed E-state index contributed by atoms with van der Waals surface area (Å²) in [6.45, 7) is 2.66. The first-order valence-corrected chi connectivity index (χ1v) is 6.30. The summed E-state index contributed by atoms with van der Waals surface area (Å²) < 4.78 is 0. The van der Waals surface area contributed by atoms with Crippen LogP contribution in [0.5, 0.6) is 0 Å². The number of H-pyrrole nitrogens is 1. The van der Waals surface area contributed by atoms with Gasteiger partial charge in [-0.15, -0.1) is 0 Å². The topological polar surface area (TPSA) is 56.3 Å². The molecule has 1 heterocycles. The molecule has 1 aromatic heterocycles. The van der Waals surface area contributed by atoms with Crippen LogP contribution in [-0.4, -0.2) is 22.7 Å². The maximum Gasteiger partial charge on any atom is 0.411 e. The predicted octanol–water partition coefficient (Wildman–Crippen LogP) is 3.84. The Bertz CT molecular complexity index is 533. The Morgan fingerprint density at radius 3 is 2.89 bits per heavy atom. The van der Waals surface area contributed by atoms with Crippen LogP contribution in [0.4, 0.5) is 10.5 Å². The number of hydrogen-bond donors (Lipinski definition) is 2. The van der Waals surface area contributed by atoms with Gasteiger partial charge in [0.05, 0.1) is 0 Å². The van der Waals surface area contributed by atoms with Crippen LogP contribution in [0.1, 0.15) is 26.2 Å². The molecular formula is C14H18N2O2. The van der Waals surface area contributed by atoms with Crippen LogP contribution in [0.3, 0.4) is 0 Å². The molecule has 0 unspecified atom stereocenters. The summed E-state index contributed by atoms with van der Waals surface area (Å²) in [5.41, 5.74) is 1.70. The van der Waals surface area contributed by atoms with Gasteiger partial charge in [-0.25, -0.2) is 4.79 Å². The van der Waals surface area contributed by atoms with Crippen molar-refractivity contribution in [2.75, 3.05) is 11.4 Å². The Morgan fingerprint density at radius 1 is 1.33 bits per heavy atom. The Balaban J connectivity index is 2.20. The molecule has 4 nitrogen and oxygen atoms in total. The number of aromatic nitrogens is 1. The molecule has 1 amide bonds. The van der Waals surface area contributed by atoms with Crippen LogP contribution in [0, 0.1) is 0 Å². The number of carboxylic acid groups (broad SMARTS) is 1. The summed E-state index contributed by atoms with van der Waals surface area (Å²) in [7, 11) is 0. The second kappa shape index (κ2) is 5.58. The van der Waals surface area contributed by atoms with Gasteiger partial charge in [0.2, 0.25) is 0 Å². The minimum absolute atomic E-state index is 0.551. The number of aromatic amines is 1. The molecular weight excluding hydrogens is 228 g/mol. The molecule has 0 bridgehead atoms. The number of rotatable bonds is 5. The van der Waals surface area contributed by atoms with Crippen LogP contribution in [-0.2, 0) is 0 Å². The second-order valence-corrected chi connectivity index (χ2v) is 4.39. The van der Waals surface area contributed by atoms with E-state index in [1.165, 1.54) is 4.90 Å². The van der Waals surface area contributed by atoms with Gasteiger partial charge < -0.3 is 10.1 Å². The molecule has 2 rings (SSSR count). The lowest BCUT2D eigenvalue weighted by Crippen LogP contribution is -2.30. The Hall–Kier alpha value is -1.97. The molecule has 4 heteroatoms. The van der Waals surface area contributed by atoms with Gasteiger partial charge in [0.15, 0.2) is 0 Å². The third kappa shape index (κ3) is 2.64. The normalized spacial score (nSPS) is 10.7. The number of nitrogens with one attached hydrogen (secondary N) is 1. The van der Waals surface area contributed by atoms with Crippen molar-refractivity contribution in [3.63, 3.8) is 0 Å². The number of benzene rings is 1. The lowest BCUT2D eigenvalue weighted by molar-refractivity contribution is 0.201. The van der Waals surface area contributed by atoms with Gasteiger partial charge in [-0.3, -0.25) is 4.90 Å². The predicted molar refractivity (Wildman–Crippen MR) is 73.2 cm³/mol. The van der Waals surface area contributed by atoms with Crippen LogP contribution < -0.4 is 4.90 Å². The molecule has 0 saturated heterocycles. The average molecular weight is 246 g/mol. The highest BCUT2D eigenvalue weighted by Gasteiger charge is 2.14. The van der Waals surface area contributed by atoms with E-state index in [0.717, 1.165) is 35.9 Å². The van der Waals surface area contributed by atoms with Crippen molar-refractivity contribution in [1.82, 2.24) is 4.98 Å². The molecule has 0 aliphatic rings. The largest absolute Gasteiger partial charge is 0.465 e. The van der Waals surface area contributed by atoms with E-state index in [9.17, 15) is 9.90 Å². The Morgan fingerprint density at radius 2 is 2.17 bits per heavy atom. The number of fused-ring (bicyclic) bond motifs is 1. The van der Waals surface area contributed by atoms with E-state index in [2.05, 4.69) is 11.9 Å². The maximum absolute atomic E-state index is 11.3. The maximum atomic E-state index is 11.3. The SMILES string of the molecule is CCCCCN(C(=O)O)c1ccc2cc[nH]c2c1. The zero-order valence-corrected chi connectivity index (χ0v) is 10.5. The highest BCUT2D eigenvalue weighted by molar-refractivity contribution is 5.90. The zero-order valence-electron chi connectivity index (χ0n) is 10.5. The fourth-order valence-electron chi connectivity index (χ4n) is 2.06. The molecule has 2 N–H and O–H groups in total. The van der Waals surface area contributed by atoms with Crippen molar-refractivity contribution < 1.29 is 9.90 Å². The summed E-state index contributed by atoms with van der Waals surface area (Å²) in [5, 5.41) is 10.4. The van der Waals surface area contributed by atoms with Gasteiger partial charge >= 0.3 is 6.09 Å². The first-order valence-electron chi connectivity index (χ1n) is 6.30. The molecule has 2 aromatic rings. The zero-order chi connectivity index (χ0) is 13.0. The van der Waals surface area contributed by atoms with Crippen molar-refractivity contribution in [2.24, 2.45) is 0 Å². The lowest BCUT2D eigenvalue weighted by atomic mass is 10.2.